The van der Waals surface area contributed by atoms with Crippen LogP contribution in [-0.2, 0) is 26.7 Å². The van der Waals surface area contributed by atoms with Gasteiger partial charge in [-0.3, -0.25) is 9.36 Å². The molecule has 0 amide bonds. The Morgan fingerprint density at radius 2 is 2.12 bits per heavy atom. The van der Waals surface area contributed by atoms with E-state index < -0.39 is 0 Å². The molecule has 0 aliphatic heterocycles. The summed E-state index contributed by atoms with van der Waals surface area (Å²) in [6, 6.07) is 2.02. The van der Waals surface area contributed by atoms with E-state index in [0.717, 1.165) is 19.6 Å². The summed E-state index contributed by atoms with van der Waals surface area (Å²) >= 11 is 0. The molecule has 0 spiro atoms. The Bertz CT molecular complexity index is 483. The van der Waals surface area contributed by atoms with Crippen LogP contribution in [0.2, 0.25) is 0 Å². The van der Waals surface area contributed by atoms with Gasteiger partial charge in [-0.05, 0) is 25.5 Å². The SMILES string of the molecule is CCn1ncc(C)c1CNCc1ccnn1C. The second-order valence-corrected chi connectivity index (χ2v) is 4.14. The van der Waals surface area contributed by atoms with Crippen molar-refractivity contribution < 1.29 is 0 Å². The zero-order chi connectivity index (χ0) is 12.3. The van der Waals surface area contributed by atoms with Crippen LogP contribution in [0.4, 0.5) is 0 Å². The van der Waals surface area contributed by atoms with Crippen molar-refractivity contribution in [3.63, 3.8) is 0 Å². The number of nitrogens with zero attached hydrogens (tertiary/aromatic N) is 4. The first kappa shape index (κ1) is 11.9. The highest BCUT2D eigenvalue weighted by Crippen LogP contribution is 2.07. The summed E-state index contributed by atoms with van der Waals surface area (Å²) in [5.41, 5.74) is 3.68. The molecule has 0 fully saturated rings. The van der Waals surface area contributed by atoms with E-state index in [1.54, 1.807) is 0 Å². The normalized spacial score (nSPS) is 11.0. The first-order chi connectivity index (χ1) is 8.22. The second-order valence-electron chi connectivity index (χ2n) is 4.14. The lowest BCUT2D eigenvalue weighted by molar-refractivity contribution is 0.566. The summed E-state index contributed by atoms with van der Waals surface area (Å²) in [7, 11) is 1.96. The smallest absolute Gasteiger partial charge is 0.0551 e. The fraction of sp³-hybridized carbons (Fsp3) is 0.500. The van der Waals surface area contributed by atoms with Crippen molar-refractivity contribution in [3.05, 3.63) is 35.4 Å². The van der Waals surface area contributed by atoms with Crippen molar-refractivity contribution in [3.8, 4) is 0 Å². The van der Waals surface area contributed by atoms with E-state index in [-0.39, 0.29) is 0 Å². The Morgan fingerprint density at radius 1 is 1.29 bits per heavy atom. The monoisotopic (exact) mass is 233 g/mol. The Hall–Kier alpha value is -1.62. The Morgan fingerprint density at radius 3 is 2.76 bits per heavy atom. The summed E-state index contributed by atoms with van der Waals surface area (Å²) in [5.74, 6) is 0. The first-order valence-corrected chi connectivity index (χ1v) is 5.91. The van der Waals surface area contributed by atoms with Crippen LogP contribution >= 0.6 is 0 Å². The van der Waals surface area contributed by atoms with Gasteiger partial charge in [0.15, 0.2) is 0 Å². The summed E-state index contributed by atoms with van der Waals surface area (Å²) in [5, 5.41) is 11.9. The Kier molecular flexibility index (Phi) is 3.58. The maximum Gasteiger partial charge on any atom is 0.0551 e. The molecule has 0 saturated carbocycles. The van der Waals surface area contributed by atoms with Crippen LogP contribution in [0.5, 0.6) is 0 Å². The van der Waals surface area contributed by atoms with E-state index in [1.165, 1.54) is 17.0 Å². The third kappa shape index (κ3) is 2.55. The van der Waals surface area contributed by atoms with Crippen molar-refractivity contribution in [2.75, 3.05) is 0 Å². The molecule has 2 aromatic rings. The minimum atomic E-state index is 0.824. The number of aromatic nitrogens is 4. The van der Waals surface area contributed by atoms with Crippen LogP contribution in [0.1, 0.15) is 23.9 Å². The van der Waals surface area contributed by atoms with Crippen molar-refractivity contribution in [1.82, 2.24) is 24.9 Å². The van der Waals surface area contributed by atoms with Crippen LogP contribution in [0.15, 0.2) is 18.5 Å². The molecule has 0 aliphatic carbocycles. The van der Waals surface area contributed by atoms with E-state index in [4.69, 9.17) is 0 Å². The quantitative estimate of drug-likeness (QED) is 0.845. The molecule has 0 saturated heterocycles. The molecule has 0 unspecified atom stereocenters. The molecule has 0 radical (unpaired) electrons. The van der Waals surface area contributed by atoms with Gasteiger partial charge in [0.25, 0.3) is 0 Å². The topological polar surface area (TPSA) is 47.7 Å². The maximum absolute atomic E-state index is 4.33. The number of hydrogen-bond acceptors (Lipinski definition) is 3. The maximum atomic E-state index is 4.33. The van der Waals surface area contributed by atoms with Gasteiger partial charge in [-0.15, -0.1) is 0 Å². The van der Waals surface area contributed by atoms with E-state index in [1.807, 2.05) is 34.9 Å². The summed E-state index contributed by atoms with van der Waals surface area (Å²) in [4.78, 5) is 0. The minimum absolute atomic E-state index is 0.824. The molecule has 5 nitrogen and oxygen atoms in total. The average Bonchev–Trinajstić information content (AvgIpc) is 2.87. The second kappa shape index (κ2) is 5.14. The molecule has 2 aromatic heterocycles. The van der Waals surface area contributed by atoms with E-state index in [9.17, 15) is 0 Å². The van der Waals surface area contributed by atoms with E-state index >= 15 is 0 Å². The lowest BCUT2D eigenvalue weighted by atomic mass is 10.2. The molecule has 0 aliphatic rings. The predicted molar refractivity (Wildman–Crippen MR) is 66.4 cm³/mol. The molecule has 5 heteroatoms. The summed E-state index contributed by atoms with van der Waals surface area (Å²) in [6.07, 6.45) is 3.74. The molecule has 17 heavy (non-hydrogen) atoms. The lowest BCUT2D eigenvalue weighted by Gasteiger charge is -2.08. The van der Waals surface area contributed by atoms with Crippen LogP contribution in [0.3, 0.4) is 0 Å². The molecular formula is C12H19N5. The van der Waals surface area contributed by atoms with Gasteiger partial charge in [-0.1, -0.05) is 0 Å². The van der Waals surface area contributed by atoms with Crippen LogP contribution in [0, 0.1) is 6.92 Å². The third-order valence-corrected chi connectivity index (χ3v) is 2.98. The van der Waals surface area contributed by atoms with Crippen molar-refractivity contribution >= 4 is 0 Å². The Balaban J connectivity index is 1.94. The van der Waals surface area contributed by atoms with Crippen LogP contribution in [-0.4, -0.2) is 19.6 Å². The zero-order valence-electron chi connectivity index (χ0n) is 10.6. The van der Waals surface area contributed by atoms with Crippen molar-refractivity contribution in [2.24, 2.45) is 7.05 Å². The molecule has 0 bridgehead atoms. The molecule has 2 heterocycles. The standard InChI is InChI=1S/C12H19N5/c1-4-17-12(10(2)7-15-17)9-13-8-11-5-6-14-16(11)3/h5-7,13H,4,8-9H2,1-3H3. The average molecular weight is 233 g/mol. The molecule has 92 valence electrons. The molecule has 0 atom stereocenters. The first-order valence-electron chi connectivity index (χ1n) is 5.91. The van der Waals surface area contributed by atoms with E-state index in [2.05, 4.69) is 29.4 Å². The number of rotatable bonds is 5. The van der Waals surface area contributed by atoms with E-state index in [0.29, 0.717) is 0 Å². The highest BCUT2D eigenvalue weighted by Gasteiger charge is 2.06. The molecular weight excluding hydrogens is 214 g/mol. The Labute approximate surface area is 101 Å². The van der Waals surface area contributed by atoms with Crippen molar-refractivity contribution in [1.29, 1.82) is 0 Å². The van der Waals surface area contributed by atoms with Gasteiger partial charge in [0, 0.05) is 32.9 Å². The van der Waals surface area contributed by atoms with Gasteiger partial charge >= 0.3 is 0 Å². The van der Waals surface area contributed by atoms with Gasteiger partial charge in [0.05, 0.1) is 17.6 Å². The summed E-state index contributed by atoms with van der Waals surface area (Å²) in [6.45, 7) is 6.78. The number of hydrogen-bond donors (Lipinski definition) is 1. The molecule has 0 aromatic carbocycles. The largest absolute Gasteiger partial charge is 0.306 e. The number of nitrogens with one attached hydrogen (secondary N) is 1. The van der Waals surface area contributed by atoms with Gasteiger partial charge in [0.1, 0.15) is 0 Å². The van der Waals surface area contributed by atoms with Gasteiger partial charge < -0.3 is 5.32 Å². The van der Waals surface area contributed by atoms with Gasteiger partial charge in [-0.25, -0.2) is 0 Å². The predicted octanol–water partition coefficient (Wildman–Crippen LogP) is 1.23. The highest BCUT2D eigenvalue weighted by molar-refractivity contribution is 5.15. The minimum Gasteiger partial charge on any atom is -0.306 e. The lowest BCUT2D eigenvalue weighted by Crippen LogP contribution is -2.18. The zero-order valence-corrected chi connectivity index (χ0v) is 10.6. The van der Waals surface area contributed by atoms with Gasteiger partial charge in [-0.2, -0.15) is 10.2 Å². The summed E-state index contributed by atoms with van der Waals surface area (Å²) < 4.78 is 3.92. The van der Waals surface area contributed by atoms with Crippen molar-refractivity contribution in [2.45, 2.75) is 33.5 Å². The van der Waals surface area contributed by atoms with Crippen LogP contribution < -0.4 is 5.32 Å². The highest BCUT2D eigenvalue weighted by atomic mass is 15.3. The molecule has 1 N–H and O–H groups in total. The third-order valence-electron chi connectivity index (χ3n) is 2.98. The van der Waals surface area contributed by atoms with Gasteiger partial charge in [0.2, 0.25) is 0 Å². The molecule has 2 rings (SSSR count). The number of aryl methyl sites for hydroxylation is 3. The fourth-order valence-electron chi connectivity index (χ4n) is 1.89. The van der Waals surface area contributed by atoms with Crippen LogP contribution in [0.25, 0.3) is 0 Å². The fourth-order valence-corrected chi connectivity index (χ4v) is 1.89.